The van der Waals surface area contributed by atoms with E-state index in [1.165, 1.54) is 20.1 Å². The van der Waals surface area contributed by atoms with Crippen molar-refractivity contribution in [1.82, 2.24) is 0 Å². The first-order chi connectivity index (χ1) is 8.04. The summed E-state index contributed by atoms with van der Waals surface area (Å²) in [5, 5.41) is 0. The van der Waals surface area contributed by atoms with E-state index in [4.69, 9.17) is 9.47 Å². The second-order valence-electron chi connectivity index (χ2n) is 3.43. The maximum atomic E-state index is 11.4. The van der Waals surface area contributed by atoms with Crippen LogP contribution in [0.2, 0.25) is 0 Å². The Hall–Kier alpha value is -2.10. The molecule has 0 saturated heterocycles. The number of hydrogen-bond acceptors (Lipinski definition) is 4. The number of carbonyl (C=O) groups excluding carboxylic acids is 2. The van der Waals surface area contributed by atoms with Crippen molar-refractivity contribution in [2.45, 2.75) is 13.8 Å². The Bertz CT molecular complexity index is 443. The van der Waals surface area contributed by atoms with Crippen molar-refractivity contribution in [3.63, 3.8) is 0 Å². The fourth-order valence-corrected chi connectivity index (χ4v) is 1.27. The highest BCUT2D eigenvalue weighted by Crippen LogP contribution is 2.19. The van der Waals surface area contributed by atoms with Crippen molar-refractivity contribution in [2.75, 3.05) is 7.11 Å². The molecule has 0 aromatic heterocycles. The monoisotopic (exact) mass is 234 g/mol. The van der Waals surface area contributed by atoms with Gasteiger partial charge in [-0.25, -0.2) is 0 Å². The van der Waals surface area contributed by atoms with Gasteiger partial charge in [-0.2, -0.15) is 0 Å². The van der Waals surface area contributed by atoms with Gasteiger partial charge in [0.25, 0.3) is 0 Å². The average molecular weight is 234 g/mol. The molecular weight excluding hydrogens is 220 g/mol. The highest BCUT2D eigenvalue weighted by atomic mass is 16.5. The molecule has 4 heteroatoms. The molecule has 1 rings (SSSR count). The molecule has 0 aliphatic heterocycles. The minimum absolute atomic E-state index is 0.170. The van der Waals surface area contributed by atoms with Crippen LogP contribution in [0.25, 0.3) is 5.57 Å². The predicted octanol–water partition coefficient (Wildman–Crippen LogP) is 2.19. The second kappa shape index (κ2) is 5.84. The van der Waals surface area contributed by atoms with Gasteiger partial charge < -0.3 is 9.47 Å². The van der Waals surface area contributed by atoms with Crippen molar-refractivity contribution >= 4 is 17.3 Å². The predicted molar refractivity (Wildman–Crippen MR) is 63.4 cm³/mol. The van der Waals surface area contributed by atoms with Crippen LogP contribution in [0.5, 0.6) is 5.75 Å². The van der Waals surface area contributed by atoms with Crippen LogP contribution in [0.3, 0.4) is 0 Å². The van der Waals surface area contributed by atoms with Gasteiger partial charge in [0.05, 0.1) is 12.7 Å². The van der Waals surface area contributed by atoms with Gasteiger partial charge in [-0.05, 0) is 24.6 Å². The largest absolute Gasteiger partial charge is 0.497 e. The van der Waals surface area contributed by atoms with Crippen LogP contribution in [-0.4, -0.2) is 18.9 Å². The van der Waals surface area contributed by atoms with Gasteiger partial charge in [-0.15, -0.1) is 0 Å². The first-order valence-corrected chi connectivity index (χ1v) is 5.07. The topological polar surface area (TPSA) is 52.6 Å². The van der Waals surface area contributed by atoms with Crippen LogP contribution in [0.15, 0.2) is 30.5 Å². The first kappa shape index (κ1) is 13.0. The number of hydrogen-bond donors (Lipinski definition) is 0. The number of allylic oxidation sites excluding steroid dienone is 1. The highest BCUT2D eigenvalue weighted by molar-refractivity contribution is 6.19. The summed E-state index contributed by atoms with van der Waals surface area (Å²) in [6.07, 6.45) is 1.17. The molecule has 0 aliphatic rings. The van der Waals surface area contributed by atoms with Crippen LogP contribution in [0.4, 0.5) is 0 Å². The lowest BCUT2D eigenvalue weighted by Gasteiger charge is -2.05. The third kappa shape index (κ3) is 3.75. The van der Waals surface area contributed by atoms with Gasteiger partial charge in [0, 0.05) is 6.92 Å². The number of rotatable bonds is 4. The van der Waals surface area contributed by atoms with E-state index in [1.54, 1.807) is 31.4 Å². The maximum absolute atomic E-state index is 11.4. The lowest BCUT2D eigenvalue weighted by atomic mass is 10.0. The number of benzene rings is 1. The fourth-order valence-electron chi connectivity index (χ4n) is 1.27. The van der Waals surface area contributed by atoms with E-state index in [-0.39, 0.29) is 5.78 Å². The van der Waals surface area contributed by atoms with E-state index in [0.717, 1.165) is 0 Å². The maximum Gasteiger partial charge on any atom is 0.307 e. The Morgan fingerprint density at radius 3 is 2.12 bits per heavy atom. The molecule has 0 atom stereocenters. The molecule has 4 nitrogen and oxygen atoms in total. The van der Waals surface area contributed by atoms with Gasteiger partial charge in [0.15, 0.2) is 5.78 Å². The average Bonchev–Trinajstić information content (AvgIpc) is 2.29. The molecule has 0 N–H and O–H groups in total. The van der Waals surface area contributed by atoms with Gasteiger partial charge in [-0.1, -0.05) is 12.1 Å². The number of carbonyl (C=O) groups is 2. The fraction of sp³-hybridized carbons (Fsp3) is 0.231. The summed E-state index contributed by atoms with van der Waals surface area (Å²) in [5.41, 5.74) is 1.03. The van der Waals surface area contributed by atoms with E-state index < -0.39 is 5.97 Å². The number of ether oxygens (including phenoxy) is 2. The Balaban J connectivity index is 3.01. The number of methoxy groups -OCH3 is 1. The summed E-state index contributed by atoms with van der Waals surface area (Å²) in [5.74, 6) is 0.0674. The Kier molecular flexibility index (Phi) is 4.46. The lowest BCUT2D eigenvalue weighted by molar-refractivity contribution is -0.135. The highest BCUT2D eigenvalue weighted by Gasteiger charge is 2.08. The van der Waals surface area contributed by atoms with Gasteiger partial charge in [0.2, 0.25) is 0 Å². The summed E-state index contributed by atoms with van der Waals surface area (Å²) in [6.45, 7) is 2.70. The van der Waals surface area contributed by atoms with Gasteiger partial charge >= 0.3 is 5.97 Å². The zero-order valence-electron chi connectivity index (χ0n) is 10.0. The molecule has 0 aliphatic carbocycles. The zero-order valence-corrected chi connectivity index (χ0v) is 10.0. The molecule has 1 aromatic carbocycles. The minimum atomic E-state index is -0.461. The van der Waals surface area contributed by atoms with Crippen molar-refractivity contribution in [3.05, 3.63) is 36.1 Å². The van der Waals surface area contributed by atoms with E-state index in [9.17, 15) is 9.59 Å². The molecule has 0 saturated carbocycles. The number of ketones is 1. The molecule has 0 unspecified atom stereocenters. The van der Waals surface area contributed by atoms with Crippen LogP contribution in [0, 0.1) is 0 Å². The van der Waals surface area contributed by atoms with Crippen molar-refractivity contribution in [2.24, 2.45) is 0 Å². The van der Waals surface area contributed by atoms with Crippen LogP contribution in [-0.2, 0) is 14.3 Å². The van der Waals surface area contributed by atoms with Crippen molar-refractivity contribution < 1.29 is 19.1 Å². The second-order valence-corrected chi connectivity index (χ2v) is 3.43. The van der Waals surface area contributed by atoms with Crippen molar-refractivity contribution in [1.29, 1.82) is 0 Å². The molecule has 17 heavy (non-hydrogen) atoms. The molecule has 0 amide bonds. The zero-order chi connectivity index (χ0) is 12.8. The Morgan fingerprint density at radius 2 is 1.71 bits per heavy atom. The number of esters is 1. The Labute approximate surface area is 99.8 Å². The standard InChI is InChI=1S/C13H14O4/c1-9(14)13(8-17-10(2)15)11-4-6-12(16-3)7-5-11/h4-8H,1-3H3. The van der Waals surface area contributed by atoms with E-state index in [1.807, 2.05) is 0 Å². The summed E-state index contributed by atoms with van der Waals surface area (Å²) in [7, 11) is 1.57. The molecule has 0 fully saturated rings. The first-order valence-electron chi connectivity index (χ1n) is 5.07. The van der Waals surface area contributed by atoms with E-state index in [0.29, 0.717) is 16.9 Å². The lowest BCUT2D eigenvalue weighted by Crippen LogP contribution is -1.99. The minimum Gasteiger partial charge on any atom is -0.497 e. The summed E-state index contributed by atoms with van der Waals surface area (Å²) >= 11 is 0. The van der Waals surface area contributed by atoms with Gasteiger partial charge in [-0.3, -0.25) is 9.59 Å². The normalized spacial score (nSPS) is 10.9. The molecule has 0 radical (unpaired) electrons. The molecule has 0 bridgehead atoms. The van der Waals surface area contributed by atoms with E-state index in [2.05, 4.69) is 0 Å². The van der Waals surface area contributed by atoms with Crippen LogP contribution in [0.1, 0.15) is 19.4 Å². The van der Waals surface area contributed by atoms with E-state index >= 15 is 0 Å². The summed E-state index contributed by atoms with van der Waals surface area (Å²) in [6, 6.07) is 6.94. The quantitative estimate of drug-likeness (QED) is 0.455. The Morgan fingerprint density at radius 1 is 1.12 bits per heavy atom. The molecule has 1 aromatic rings. The summed E-state index contributed by atoms with van der Waals surface area (Å²) < 4.78 is 9.74. The van der Waals surface area contributed by atoms with Crippen molar-refractivity contribution in [3.8, 4) is 5.75 Å². The molecule has 90 valence electrons. The summed E-state index contributed by atoms with van der Waals surface area (Å²) in [4.78, 5) is 22.1. The molecular formula is C13H14O4. The SMILES string of the molecule is COc1ccc(C(=COC(C)=O)C(C)=O)cc1. The number of Topliss-reactive ketones (excluding diaryl/α,β-unsaturated/α-hetero) is 1. The van der Waals surface area contributed by atoms with Gasteiger partial charge in [0.1, 0.15) is 12.0 Å². The third-order valence-electron chi connectivity index (χ3n) is 2.12. The third-order valence-corrected chi connectivity index (χ3v) is 2.12. The smallest absolute Gasteiger partial charge is 0.307 e. The molecule has 0 spiro atoms. The van der Waals surface area contributed by atoms with Crippen LogP contribution < -0.4 is 4.74 Å². The van der Waals surface area contributed by atoms with Crippen LogP contribution >= 0.6 is 0 Å². The molecule has 0 heterocycles.